The molecule has 0 N–H and O–H groups in total. The van der Waals surface area contributed by atoms with Crippen molar-refractivity contribution in [3.05, 3.63) is 58.9 Å². The van der Waals surface area contributed by atoms with E-state index in [1.807, 2.05) is 63.2 Å². The number of nitrogens with zero attached hydrogens (tertiary/aromatic N) is 3. The summed E-state index contributed by atoms with van der Waals surface area (Å²) in [6.07, 6.45) is 0.453. The number of ether oxygens (including phenoxy) is 1. The number of anilines is 1. The summed E-state index contributed by atoms with van der Waals surface area (Å²) in [6.45, 7) is 6.39. The molecule has 7 heteroatoms. The minimum atomic E-state index is -0.136. The van der Waals surface area contributed by atoms with Crippen LogP contribution in [0.1, 0.15) is 37.6 Å². The van der Waals surface area contributed by atoms with Gasteiger partial charge in [0.2, 0.25) is 17.6 Å². The molecular formula is C22H22ClN3O3. The molecule has 1 aliphatic heterocycles. The van der Waals surface area contributed by atoms with Crippen LogP contribution in [0.5, 0.6) is 5.75 Å². The van der Waals surface area contributed by atoms with Crippen molar-refractivity contribution in [1.82, 2.24) is 10.1 Å². The monoisotopic (exact) mass is 411 g/mol. The molecule has 1 saturated heterocycles. The van der Waals surface area contributed by atoms with E-state index in [0.717, 1.165) is 22.6 Å². The maximum absolute atomic E-state index is 12.5. The molecule has 0 bridgehead atoms. The van der Waals surface area contributed by atoms with E-state index in [9.17, 15) is 4.79 Å². The van der Waals surface area contributed by atoms with Gasteiger partial charge < -0.3 is 14.2 Å². The van der Waals surface area contributed by atoms with Crippen LogP contribution in [0.2, 0.25) is 5.02 Å². The van der Waals surface area contributed by atoms with Gasteiger partial charge in [0.25, 0.3) is 0 Å². The average Bonchev–Trinajstić information content (AvgIpc) is 3.31. The SMILES string of the molecule is Cc1cc(N2CC(c3nc(-c4ccc(OC(C)C)cc4)no3)CC2=O)ccc1Cl. The smallest absolute Gasteiger partial charge is 0.232 e. The number of hydrogen-bond acceptors (Lipinski definition) is 5. The number of carbonyl (C=O) groups is 1. The molecule has 1 amide bonds. The summed E-state index contributed by atoms with van der Waals surface area (Å²) in [5, 5.41) is 4.78. The van der Waals surface area contributed by atoms with Gasteiger partial charge in [-0.1, -0.05) is 16.8 Å². The van der Waals surface area contributed by atoms with E-state index in [0.29, 0.717) is 29.7 Å². The quantitative estimate of drug-likeness (QED) is 0.590. The Bertz CT molecular complexity index is 1030. The van der Waals surface area contributed by atoms with E-state index >= 15 is 0 Å². The van der Waals surface area contributed by atoms with Crippen LogP contribution < -0.4 is 9.64 Å². The first kappa shape index (κ1) is 19.5. The predicted octanol–water partition coefficient (Wildman–Crippen LogP) is 5.01. The molecule has 3 aromatic rings. The molecule has 1 atom stereocenters. The van der Waals surface area contributed by atoms with Gasteiger partial charge >= 0.3 is 0 Å². The zero-order chi connectivity index (χ0) is 20.5. The Labute approximate surface area is 174 Å². The number of hydrogen-bond donors (Lipinski definition) is 0. The number of amides is 1. The highest BCUT2D eigenvalue weighted by Gasteiger charge is 2.35. The summed E-state index contributed by atoms with van der Waals surface area (Å²) in [6, 6.07) is 13.1. The van der Waals surface area contributed by atoms with Crippen LogP contribution in [-0.2, 0) is 4.79 Å². The van der Waals surface area contributed by atoms with Crippen molar-refractivity contribution in [3.8, 4) is 17.1 Å². The molecule has 0 aliphatic carbocycles. The largest absolute Gasteiger partial charge is 0.491 e. The number of rotatable bonds is 5. The van der Waals surface area contributed by atoms with Gasteiger partial charge in [-0.15, -0.1) is 0 Å². The fraction of sp³-hybridized carbons (Fsp3) is 0.318. The van der Waals surface area contributed by atoms with Crippen LogP contribution in [-0.4, -0.2) is 28.7 Å². The van der Waals surface area contributed by atoms with Crippen molar-refractivity contribution >= 4 is 23.2 Å². The van der Waals surface area contributed by atoms with Gasteiger partial charge in [0.05, 0.1) is 12.0 Å². The second kappa shape index (κ2) is 7.87. The lowest BCUT2D eigenvalue weighted by atomic mass is 10.1. The summed E-state index contributed by atoms with van der Waals surface area (Å²) in [5.74, 6) is 1.67. The Hall–Kier alpha value is -2.86. The third-order valence-corrected chi connectivity index (χ3v) is 5.28. The fourth-order valence-electron chi connectivity index (χ4n) is 3.39. The molecule has 0 spiro atoms. The van der Waals surface area contributed by atoms with Crippen LogP contribution in [0, 0.1) is 6.92 Å². The molecule has 1 aromatic heterocycles. The van der Waals surface area contributed by atoms with Crippen molar-refractivity contribution in [1.29, 1.82) is 0 Å². The minimum Gasteiger partial charge on any atom is -0.491 e. The Balaban J connectivity index is 1.49. The Morgan fingerprint density at radius 2 is 1.97 bits per heavy atom. The molecule has 2 aromatic carbocycles. The van der Waals surface area contributed by atoms with Crippen LogP contribution in [0.15, 0.2) is 47.0 Å². The van der Waals surface area contributed by atoms with E-state index in [1.54, 1.807) is 4.90 Å². The lowest BCUT2D eigenvalue weighted by molar-refractivity contribution is -0.117. The van der Waals surface area contributed by atoms with Gasteiger partial charge in [-0.05, 0) is 68.8 Å². The third-order valence-electron chi connectivity index (χ3n) is 4.85. The lowest BCUT2D eigenvalue weighted by Crippen LogP contribution is -2.24. The number of aromatic nitrogens is 2. The molecule has 150 valence electrons. The second-order valence-corrected chi connectivity index (χ2v) is 7.89. The van der Waals surface area contributed by atoms with Crippen LogP contribution in [0.4, 0.5) is 5.69 Å². The zero-order valence-electron chi connectivity index (χ0n) is 16.6. The molecule has 1 unspecified atom stereocenters. The molecule has 0 saturated carbocycles. The van der Waals surface area contributed by atoms with Gasteiger partial charge in [-0.3, -0.25) is 4.79 Å². The summed E-state index contributed by atoms with van der Waals surface area (Å²) < 4.78 is 11.1. The average molecular weight is 412 g/mol. The van der Waals surface area contributed by atoms with Gasteiger partial charge in [-0.25, -0.2) is 0 Å². The Morgan fingerprint density at radius 3 is 2.66 bits per heavy atom. The zero-order valence-corrected chi connectivity index (χ0v) is 17.3. The summed E-state index contributed by atoms with van der Waals surface area (Å²) in [5.41, 5.74) is 2.61. The van der Waals surface area contributed by atoms with Crippen molar-refractivity contribution in [2.45, 2.75) is 39.2 Å². The number of halogens is 1. The van der Waals surface area contributed by atoms with E-state index in [4.69, 9.17) is 20.9 Å². The summed E-state index contributed by atoms with van der Waals surface area (Å²) in [7, 11) is 0. The second-order valence-electron chi connectivity index (χ2n) is 7.49. The van der Waals surface area contributed by atoms with Gasteiger partial charge in [0.1, 0.15) is 5.75 Å². The molecule has 29 heavy (non-hydrogen) atoms. The highest BCUT2D eigenvalue weighted by atomic mass is 35.5. The van der Waals surface area contributed by atoms with E-state index in [1.165, 1.54) is 0 Å². The Morgan fingerprint density at radius 1 is 1.21 bits per heavy atom. The summed E-state index contributed by atoms with van der Waals surface area (Å²) >= 11 is 6.10. The van der Waals surface area contributed by atoms with Crippen LogP contribution >= 0.6 is 11.6 Å². The van der Waals surface area contributed by atoms with Gasteiger partial charge in [0.15, 0.2) is 0 Å². The predicted molar refractivity (Wildman–Crippen MR) is 111 cm³/mol. The van der Waals surface area contributed by atoms with Gasteiger partial charge in [0, 0.05) is 29.2 Å². The maximum atomic E-state index is 12.5. The third kappa shape index (κ3) is 4.12. The number of carbonyl (C=O) groups excluding carboxylic acids is 1. The van der Waals surface area contributed by atoms with E-state index < -0.39 is 0 Å². The highest BCUT2D eigenvalue weighted by Crippen LogP contribution is 2.33. The molecule has 1 fully saturated rings. The standard InChI is InChI=1S/C22H22ClN3O3/c1-13(2)28-18-7-4-15(5-8-18)21-24-22(29-25-21)16-11-20(27)26(12-16)17-6-9-19(23)14(3)10-17/h4-10,13,16H,11-12H2,1-3H3. The number of benzene rings is 2. The van der Waals surface area contributed by atoms with Crippen LogP contribution in [0.3, 0.4) is 0 Å². The normalized spacial score (nSPS) is 16.7. The van der Waals surface area contributed by atoms with Gasteiger partial charge in [-0.2, -0.15) is 4.98 Å². The lowest BCUT2D eigenvalue weighted by Gasteiger charge is -2.17. The molecule has 0 radical (unpaired) electrons. The fourth-order valence-corrected chi connectivity index (χ4v) is 3.51. The van der Waals surface area contributed by atoms with Crippen molar-refractivity contribution in [2.75, 3.05) is 11.4 Å². The van der Waals surface area contributed by atoms with E-state index in [2.05, 4.69) is 10.1 Å². The highest BCUT2D eigenvalue weighted by molar-refractivity contribution is 6.31. The first-order chi connectivity index (χ1) is 13.9. The first-order valence-corrected chi connectivity index (χ1v) is 9.95. The molecule has 4 rings (SSSR count). The first-order valence-electron chi connectivity index (χ1n) is 9.58. The van der Waals surface area contributed by atoms with Crippen molar-refractivity contribution in [2.24, 2.45) is 0 Å². The molecular weight excluding hydrogens is 390 g/mol. The topological polar surface area (TPSA) is 68.5 Å². The maximum Gasteiger partial charge on any atom is 0.232 e. The summed E-state index contributed by atoms with van der Waals surface area (Å²) in [4.78, 5) is 18.8. The molecule has 1 aliphatic rings. The number of aryl methyl sites for hydroxylation is 1. The van der Waals surface area contributed by atoms with Crippen molar-refractivity contribution in [3.63, 3.8) is 0 Å². The van der Waals surface area contributed by atoms with Crippen LogP contribution in [0.25, 0.3) is 11.4 Å². The minimum absolute atomic E-state index is 0.0339. The van der Waals surface area contributed by atoms with E-state index in [-0.39, 0.29) is 17.9 Å². The Kier molecular flexibility index (Phi) is 5.28. The molecule has 6 nitrogen and oxygen atoms in total. The van der Waals surface area contributed by atoms with Crippen molar-refractivity contribution < 1.29 is 14.1 Å². The molecule has 2 heterocycles.